The quantitative estimate of drug-likeness (QED) is 0.236. The molecule has 2 rings (SSSR count). The van der Waals surface area contributed by atoms with Gasteiger partial charge in [0.25, 0.3) is 0 Å². The summed E-state index contributed by atoms with van der Waals surface area (Å²) in [6.07, 6.45) is -3.12. The fourth-order valence-electron chi connectivity index (χ4n) is 2.50. The highest BCUT2D eigenvalue weighted by atomic mass is 127. The zero-order chi connectivity index (χ0) is 19.9. The second-order valence-corrected chi connectivity index (χ2v) is 7.01. The van der Waals surface area contributed by atoms with Gasteiger partial charge in [-0.25, -0.2) is 4.98 Å². The van der Waals surface area contributed by atoms with E-state index in [1.54, 1.807) is 0 Å². The van der Waals surface area contributed by atoms with E-state index in [2.05, 4.69) is 25.7 Å². The Morgan fingerprint density at radius 1 is 1.29 bits per heavy atom. The first-order valence-electron chi connectivity index (χ1n) is 8.84. The summed E-state index contributed by atoms with van der Waals surface area (Å²) in [5.41, 5.74) is 1.30. The highest BCUT2D eigenvalue weighted by Gasteiger charge is 2.33. The van der Waals surface area contributed by atoms with E-state index in [4.69, 9.17) is 0 Å². The molecule has 0 fully saturated rings. The number of rotatable bonds is 8. The lowest BCUT2D eigenvalue weighted by Crippen LogP contribution is -2.38. The minimum atomic E-state index is -4.38. The van der Waals surface area contributed by atoms with Gasteiger partial charge in [0, 0.05) is 43.7 Å². The summed E-state index contributed by atoms with van der Waals surface area (Å²) >= 11 is 1.02. The average Bonchev–Trinajstić information content (AvgIpc) is 3.18. The first kappa shape index (κ1) is 24.7. The van der Waals surface area contributed by atoms with Crippen LogP contribution in [0.4, 0.5) is 13.2 Å². The van der Waals surface area contributed by atoms with Crippen LogP contribution in [0.15, 0.2) is 16.4 Å². The van der Waals surface area contributed by atoms with Crippen LogP contribution in [0.2, 0.25) is 0 Å². The Morgan fingerprint density at radius 2 is 2.04 bits per heavy atom. The van der Waals surface area contributed by atoms with Crippen molar-refractivity contribution in [3.05, 3.63) is 33.5 Å². The first-order valence-corrected chi connectivity index (χ1v) is 9.72. The average molecular weight is 530 g/mol. The fourth-order valence-corrected chi connectivity index (χ4v) is 3.30. The Hall–Kier alpha value is -1.37. The van der Waals surface area contributed by atoms with Crippen molar-refractivity contribution in [1.82, 2.24) is 25.4 Å². The van der Waals surface area contributed by atoms with Crippen molar-refractivity contribution < 1.29 is 13.2 Å². The number of aromatic nitrogens is 3. The van der Waals surface area contributed by atoms with E-state index < -0.39 is 11.9 Å². The molecule has 6 nitrogen and oxygen atoms in total. The standard InChI is InChI=1S/C17H25F3N6S.HI/c1-4-21-16(22-7-5-9-26-13(3)10-12(2)25-26)23-8-6-15-24-14(11-27-15)17(18,19)20;/h10-11H,4-9H2,1-3H3,(H2,21,22,23);1H. The van der Waals surface area contributed by atoms with Crippen LogP contribution < -0.4 is 10.6 Å². The van der Waals surface area contributed by atoms with E-state index in [-0.39, 0.29) is 24.0 Å². The molecule has 2 aromatic rings. The molecule has 28 heavy (non-hydrogen) atoms. The molecule has 0 aliphatic rings. The lowest BCUT2D eigenvalue weighted by atomic mass is 10.4. The largest absolute Gasteiger partial charge is 0.434 e. The van der Waals surface area contributed by atoms with Crippen LogP contribution in [0.3, 0.4) is 0 Å². The number of halogens is 4. The van der Waals surface area contributed by atoms with E-state index in [1.165, 1.54) is 0 Å². The highest BCUT2D eigenvalue weighted by Crippen LogP contribution is 2.29. The molecule has 0 bridgehead atoms. The summed E-state index contributed by atoms with van der Waals surface area (Å²) in [6, 6.07) is 2.04. The van der Waals surface area contributed by atoms with Gasteiger partial charge in [0.05, 0.1) is 10.7 Å². The molecule has 2 aromatic heterocycles. The number of aryl methyl sites for hydroxylation is 3. The van der Waals surface area contributed by atoms with Crippen LogP contribution >= 0.6 is 35.3 Å². The Balaban J connectivity index is 0.00000392. The minimum Gasteiger partial charge on any atom is -0.357 e. The second kappa shape index (κ2) is 11.6. The molecule has 0 atom stereocenters. The Kier molecular flexibility index (Phi) is 10.2. The van der Waals surface area contributed by atoms with Gasteiger partial charge in [-0.1, -0.05) is 0 Å². The van der Waals surface area contributed by atoms with E-state index in [0.29, 0.717) is 37.0 Å². The maximum Gasteiger partial charge on any atom is 0.434 e. The summed E-state index contributed by atoms with van der Waals surface area (Å²) < 4.78 is 39.7. The number of guanidine groups is 1. The molecule has 0 spiro atoms. The first-order chi connectivity index (χ1) is 12.8. The molecule has 0 radical (unpaired) electrons. The molecule has 2 N–H and O–H groups in total. The van der Waals surface area contributed by atoms with E-state index in [9.17, 15) is 13.2 Å². The molecule has 0 saturated carbocycles. The Labute approximate surface area is 184 Å². The third kappa shape index (κ3) is 7.94. The maximum atomic E-state index is 12.6. The van der Waals surface area contributed by atoms with E-state index in [1.807, 2.05) is 31.5 Å². The van der Waals surface area contributed by atoms with Gasteiger partial charge in [-0.2, -0.15) is 18.3 Å². The van der Waals surface area contributed by atoms with E-state index >= 15 is 0 Å². The molecular formula is C17H26F3IN6S. The summed E-state index contributed by atoms with van der Waals surface area (Å²) in [4.78, 5) is 8.12. The van der Waals surface area contributed by atoms with Gasteiger partial charge in [-0.3, -0.25) is 9.67 Å². The van der Waals surface area contributed by atoms with Gasteiger partial charge in [-0.05, 0) is 33.3 Å². The maximum absolute atomic E-state index is 12.6. The third-order valence-electron chi connectivity index (χ3n) is 3.72. The summed E-state index contributed by atoms with van der Waals surface area (Å²) in [7, 11) is 0. The number of nitrogens with one attached hydrogen (secondary N) is 2. The molecule has 11 heteroatoms. The van der Waals surface area contributed by atoms with Crippen LogP contribution in [0.1, 0.15) is 35.4 Å². The predicted octanol–water partition coefficient (Wildman–Crippen LogP) is 3.78. The normalized spacial score (nSPS) is 12.0. The smallest absolute Gasteiger partial charge is 0.357 e. The molecule has 0 aliphatic heterocycles. The zero-order valence-corrected chi connectivity index (χ0v) is 19.3. The van der Waals surface area contributed by atoms with Gasteiger partial charge >= 0.3 is 6.18 Å². The Bertz CT molecular complexity index is 756. The van der Waals surface area contributed by atoms with Crippen molar-refractivity contribution in [2.45, 2.75) is 46.3 Å². The van der Waals surface area contributed by atoms with Crippen LogP contribution in [0.25, 0.3) is 0 Å². The molecule has 2 heterocycles. The third-order valence-corrected chi connectivity index (χ3v) is 4.63. The molecule has 0 amide bonds. The van der Waals surface area contributed by atoms with Crippen LogP contribution in [-0.4, -0.2) is 40.4 Å². The minimum absolute atomic E-state index is 0. The monoisotopic (exact) mass is 530 g/mol. The van der Waals surface area contributed by atoms with E-state index in [0.717, 1.165) is 41.1 Å². The van der Waals surface area contributed by atoms with Crippen LogP contribution in [0.5, 0.6) is 0 Å². The van der Waals surface area contributed by atoms with Gasteiger partial charge in [-0.15, -0.1) is 35.3 Å². The Morgan fingerprint density at radius 3 is 2.61 bits per heavy atom. The van der Waals surface area contributed by atoms with Gasteiger partial charge < -0.3 is 10.6 Å². The topological polar surface area (TPSA) is 67.1 Å². The van der Waals surface area contributed by atoms with Crippen molar-refractivity contribution in [3.8, 4) is 0 Å². The van der Waals surface area contributed by atoms with Gasteiger partial charge in [0.2, 0.25) is 0 Å². The molecular weight excluding hydrogens is 504 g/mol. The van der Waals surface area contributed by atoms with Crippen LogP contribution in [-0.2, 0) is 19.1 Å². The summed E-state index contributed by atoms with van der Waals surface area (Å²) in [5, 5.41) is 12.2. The zero-order valence-electron chi connectivity index (χ0n) is 16.1. The number of hydrogen-bond acceptors (Lipinski definition) is 4. The van der Waals surface area contributed by atoms with Crippen molar-refractivity contribution >= 4 is 41.3 Å². The molecule has 0 aromatic carbocycles. The lowest BCUT2D eigenvalue weighted by Gasteiger charge is -2.10. The predicted molar refractivity (Wildman–Crippen MR) is 117 cm³/mol. The lowest BCUT2D eigenvalue weighted by molar-refractivity contribution is -0.140. The van der Waals surface area contributed by atoms with Crippen LogP contribution in [0, 0.1) is 13.8 Å². The highest BCUT2D eigenvalue weighted by molar-refractivity contribution is 14.0. The van der Waals surface area contributed by atoms with Crippen molar-refractivity contribution in [1.29, 1.82) is 0 Å². The molecule has 0 unspecified atom stereocenters. The van der Waals surface area contributed by atoms with Gasteiger partial charge in [0.1, 0.15) is 0 Å². The van der Waals surface area contributed by atoms with Crippen molar-refractivity contribution in [2.24, 2.45) is 4.99 Å². The van der Waals surface area contributed by atoms with Crippen molar-refractivity contribution in [2.75, 3.05) is 19.6 Å². The number of thiazole rings is 1. The number of alkyl halides is 3. The number of hydrogen-bond donors (Lipinski definition) is 2. The number of nitrogens with zero attached hydrogens (tertiary/aromatic N) is 4. The second-order valence-electron chi connectivity index (χ2n) is 6.07. The fraction of sp³-hybridized carbons (Fsp3) is 0.588. The van der Waals surface area contributed by atoms with Crippen molar-refractivity contribution in [3.63, 3.8) is 0 Å². The number of aliphatic imine (C=N–C) groups is 1. The summed E-state index contributed by atoms with van der Waals surface area (Å²) in [5.74, 6) is 0.651. The van der Waals surface area contributed by atoms with Gasteiger partial charge in [0.15, 0.2) is 11.7 Å². The molecule has 158 valence electrons. The SMILES string of the molecule is CCNC(=NCCCn1nc(C)cc1C)NCCc1nc(C(F)(F)F)cs1.I. The summed E-state index contributed by atoms with van der Waals surface area (Å²) in [6.45, 7) is 8.55. The molecule has 0 aliphatic carbocycles. The molecule has 0 saturated heterocycles.